The van der Waals surface area contributed by atoms with Gasteiger partial charge < -0.3 is 9.47 Å². The molecule has 4 nitrogen and oxygen atoms in total. The van der Waals surface area contributed by atoms with E-state index in [1.54, 1.807) is 26.0 Å². The Labute approximate surface area is 108 Å². The molecule has 0 radical (unpaired) electrons. The topological polar surface area (TPSA) is 52.6 Å². The smallest absolute Gasteiger partial charge is 0.340 e. The van der Waals surface area contributed by atoms with Gasteiger partial charge in [-0.1, -0.05) is 6.07 Å². The lowest BCUT2D eigenvalue weighted by Gasteiger charge is -2.09. The van der Waals surface area contributed by atoms with Crippen LogP contribution in [-0.2, 0) is 9.47 Å². The van der Waals surface area contributed by atoms with Crippen molar-refractivity contribution in [2.75, 3.05) is 13.2 Å². The third-order valence-electron chi connectivity index (χ3n) is 1.99. The number of ether oxygens (including phenoxy) is 2. The van der Waals surface area contributed by atoms with Gasteiger partial charge in [-0.3, -0.25) is 0 Å². The average molecular weight is 301 g/mol. The lowest BCUT2D eigenvalue weighted by molar-refractivity contribution is 0.0478. The van der Waals surface area contributed by atoms with Crippen molar-refractivity contribution >= 4 is 27.9 Å². The summed E-state index contributed by atoms with van der Waals surface area (Å²) in [7, 11) is 0. The molecule has 0 amide bonds. The van der Waals surface area contributed by atoms with Crippen LogP contribution in [0.3, 0.4) is 0 Å². The summed E-state index contributed by atoms with van der Waals surface area (Å²) in [6.07, 6.45) is 0. The maximum absolute atomic E-state index is 11.7. The van der Waals surface area contributed by atoms with Crippen LogP contribution in [0.2, 0.25) is 0 Å². The minimum atomic E-state index is -0.539. The predicted octanol–water partition coefficient (Wildman–Crippen LogP) is 2.80. The molecule has 1 aromatic carbocycles. The third kappa shape index (κ3) is 3.30. The second-order valence-corrected chi connectivity index (χ2v) is 3.96. The van der Waals surface area contributed by atoms with Crippen LogP contribution < -0.4 is 0 Å². The number of carbonyl (C=O) groups is 2. The van der Waals surface area contributed by atoms with E-state index >= 15 is 0 Å². The van der Waals surface area contributed by atoms with Crippen molar-refractivity contribution in [2.24, 2.45) is 0 Å². The van der Waals surface area contributed by atoms with Crippen molar-refractivity contribution in [3.8, 4) is 0 Å². The SMILES string of the molecule is CCOC(=O)c1cccc(Br)c1C(=O)OCC. The number of carbonyl (C=O) groups excluding carboxylic acids is 2. The van der Waals surface area contributed by atoms with Crippen LogP contribution in [0.25, 0.3) is 0 Å². The maximum Gasteiger partial charge on any atom is 0.340 e. The van der Waals surface area contributed by atoms with E-state index in [2.05, 4.69) is 15.9 Å². The Kier molecular flexibility index (Phi) is 5.15. The minimum Gasteiger partial charge on any atom is -0.462 e. The average Bonchev–Trinajstić information content (AvgIpc) is 2.29. The largest absolute Gasteiger partial charge is 0.462 e. The Bertz CT molecular complexity index is 429. The third-order valence-corrected chi connectivity index (χ3v) is 2.65. The molecule has 0 saturated carbocycles. The standard InChI is InChI=1S/C12H13BrO4/c1-3-16-11(14)8-6-5-7-9(13)10(8)12(15)17-4-2/h5-7H,3-4H2,1-2H3. The second kappa shape index (κ2) is 6.39. The van der Waals surface area contributed by atoms with E-state index in [9.17, 15) is 9.59 Å². The van der Waals surface area contributed by atoms with Crippen LogP contribution in [-0.4, -0.2) is 25.2 Å². The normalized spacial score (nSPS) is 9.82. The zero-order valence-corrected chi connectivity index (χ0v) is 11.2. The quantitative estimate of drug-likeness (QED) is 0.802. The molecule has 0 aliphatic heterocycles. The van der Waals surface area contributed by atoms with Gasteiger partial charge in [0, 0.05) is 4.47 Å². The zero-order valence-electron chi connectivity index (χ0n) is 9.66. The number of halogens is 1. The van der Waals surface area contributed by atoms with E-state index in [0.717, 1.165) is 0 Å². The number of esters is 2. The first-order valence-corrected chi connectivity index (χ1v) is 6.03. The van der Waals surface area contributed by atoms with Gasteiger partial charge in [0.25, 0.3) is 0 Å². The molecule has 0 saturated heterocycles. The molecule has 1 rings (SSSR count). The predicted molar refractivity (Wildman–Crippen MR) is 66.1 cm³/mol. The highest BCUT2D eigenvalue weighted by Gasteiger charge is 2.21. The van der Waals surface area contributed by atoms with Crippen LogP contribution in [0.4, 0.5) is 0 Å². The molecular weight excluding hydrogens is 288 g/mol. The Morgan fingerprint density at radius 3 is 2.29 bits per heavy atom. The van der Waals surface area contributed by atoms with Gasteiger partial charge in [0.15, 0.2) is 0 Å². The van der Waals surface area contributed by atoms with Gasteiger partial charge in [0.2, 0.25) is 0 Å². The number of hydrogen-bond donors (Lipinski definition) is 0. The number of rotatable bonds is 4. The Hall–Kier alpha value is -1.36. The highest BCUT2D eigenvalue weighted by atomic mass is 79.9. The highest BCUT2D eigenvalue weighted by molar-refractivity contribution is 9.10. The van der Waals surface area contributed by atoms with E-state index in [1.165, 1.54) is 6.07 Å². The van der Waals surface area contributed by atoms with E-state index < -0.39 is 11.9 Å². The fraction of sp³-hybridized carbons (Fsp3) is 0.333. The molecule has 0 atom stereocenters. The van der Waals surface area contributed by atoms with E-state index in [-0.39, 0.29) is 24.3 Å². The molecule has 0 bridgehead atoms. The highest BCUT2D eigenvalue weighted by Crippen LogP contribution is 2.22. The van der Waals surface area contributed by atoms with Crippen LogP contribution in [0, 0.1) is 0 Å². The van der Waals surface area contributed by atoms with Crippen molar-refractivity contribution in [1.82, 2.24) is 0 Å². The molecule has 92 valence electrons. The summed E-state index contributed by atoms with van der Waals surface area (Å²) < 4.78 is 10.3. The van der Waals surface area contributed by atoms with E-state index in [4.69, 9.17) is 9.47 Å². The van der Waals surface area contributed by atoms with Crippen molar-refractivity contribution < 1.29 is 19.1 Å². The molecule has 0 aliphatic carbocycles. The summed E-state index contributed by atoms with van der Waals surface area (Å²) in [6.45, 7) is 3.93. The van der Waals surface area contributed by atoms with Crippen LogP contribution in [0.15, 0.2) is 22.7 Å². The summed E-state index contributed by atoms with van der Waals surface area (Å²) in [5.41, 5.74) is 0.410. The summed E-state index contributed by atoms with van der Waals surface area (Å²) in [4.78, 5) is 23.4. The van der Waals surface area contributed by atoms with Gasteiger partial charge in [-0.2, -0.15) is 0 Å². The van der Waals surface area contributed by atoms with Gasteiger partial charge in [-0.15, -0.1) is 0 Å². The molecule has 0 N–H and O–H groups in total. The molecule has 0 unspecified atom stereocenters. The summed E-state index contributed by atoms with van der Waals surface area (Å²) in [5, 5.41) is 0. The molecule has 0 spiro atoms. The monoisotopic (exact) mass is 300 g/mol. The lowest BCUT2D eigenvalue weighted by Crippen LogP contribution is -2.14. The molecule has 0 heterocycles. The van der Waals surface area contributed by atoms with E-state index in [0.29, 0.717) is 4.47 Å². The maximum atomic E-state index is 11.7. The Morgan fingerprint density at radius 2 is 1.71 bits per heavy atom. The Morgan fingerprint density at radius 1 is 1.12 bits per heavy atom. The first kappa shape index (κ1) is 13.7. The van der Waals surface area contributed by atoms with Crippen molar-refractivity contribution in [1.29, 1.82) is 0 Å². The summed E-state index contributed by atoms with van der Waals surface area (Å²) in [5.74, 6) is -1.07. The molecule has 0 fully saturated rings. The van der Waals surface area contributed by atoms with Crippen molar-refractivity contribution in [3.05, 3.63) is 33.8 Å². The number of benzene rings is 1. The van der Waals surface area contributed by atoms with Gasteiger partial charge in [0.05, 0.1) is 24.3 Å². The molecule has 1 aromatic rings. The van der Waals surface area contributed by atoms with E-state index in [1.807, 2.05) is 0 Å². The second-order valence-electron chi connectivity index (χ2n) is 3.10. The lowest BCUT2D eigenvalue weighted by atomic mass is 10.1. The fourth-order valence-corrected chi connectivity index (χ4v) is 1.84. The molecule has 0 aromatic heterocycles. The first-order valence-electron chi connectivity index (χ1n) is 5.24. The first-order chi connectivity index (χ1) is 8.11. The molecular formula is C12H13BrO4. The molecule has 17 heavy (non-hydrogen) atoms. The fourth-order valence-electron chi connectivity index (χ4n) is 1.31. The van der Waals surface area contributed by atoms with Crippen LogP contribution >= 0.6 is 15.9 Å². The van der Waals surface area contributed by atoms with Crippen LogP contribution in [0.1, 0.15) is 34.6 Å². The zero-order chi connectivity index (χ0) is 12.8. The van der Waals surface area contributed by atoms with Gasteiger partial charge in [0.1, 0.15) is 0 Å². The van der Waals surface area contributed by atoms with Crippen LogP contribution in [0.5, 0.6) is 0 Å². The Balaban J connectivity index is 3.17. The van der Waals surface area contributed by atoms with Gasteiger partial charge in [-0.25, -0.2) is 9.59 Å². The van der Waals surface area contributed by atoms with Crippen molar-refractivity contribution in [3.63, 3.8) is 0 Å². The van der Waals surface area contributed by atoms with Crippen molar-refractivity contribution in [2.45, 2.75) is 13.8 Å². The summed E-state index contributed by atoms with van der Waals surface area (Å²) in [6, 6.07) is 4.88. The molecule has 5 heteroatoms. The summed E-state index contributed by atoms with van der Waals surface area (Å²) >= 11 is 3.23. The minimum absolute atomic E-state index is 0.202. The van der Waals surface area contributed by atoms with Gasteiger partial charge >= 0.3 is 11.9 Å². The number of hydrogen-bond acceptors (Lipinski definition) is 4. The van der Waals surface area contributed by atoms with Gasteiger partial charge in [-0.05, 0) is 41.9 Å². The molecule has 0 aliphatic rings.